The van der Waals surface area contributed by atoms with Crippen molar-refractivity contribution in [2.24, 2.45) is 0 Å². The topological polar surface area (TPSA) is 25.2 Å². The molecule has 0 amide bonds. The van der Waals surface area contributed by atoms with Gasteiger partial charge in [0.25, 0.3) is 0 Å². The van der Waals surface area contributed by atoms with Crippen molar-refractivity contribution in [1.29, 1.82) is 0 Å². The number of alkyl halides is 1. The average Bonchev–Trinajstić information content (AvgIpc) is 2.75. The second-order valence-electron chi connectivity index (χ2n) is 3.96. The summed E-state index contributed by atoms with van der Waals surface area (Å²) in [7, 11) is 1.87. The molecule has 1 aromatic carbocycles. The van der Waals surface area contributed by atoms with Crippen LogP contribution in [0.4, 0.5) is 4.39 Å². The monoisotopic (exact) mass is 221 g/mol. The van der Waals surface area contributed by atoms with Gasteiger partial charge in [-0.3, -0.25) is 4.39 Å². The van der Waals surface area contributed by atoms with Crippen molar-refractivity contribution in [2.75, 3.05) is 13.7 Å². The molecule has 16 heavy (non-hydrogen) atoms. The minimum Gasteiger partial charge on any atom is -0.464 e. The molecule has 1 atom stereocenters. The molecule has 1 heterocycles. The summed E-state index contributed by atoms with van der Waals surface area (Å²) in [5.41, 5.74) is 2.07. The lowest BCUT2D eigenvalue weighted by Crippen LogP contribution is -2.28. The standard InChI is InChI=1S/C13H16FNO/c1-15-12(4-6-14)8-10-2-3-11-5-7-16-13(11)9-10/h2-3,5,7,9,12,15H,4,6,8H2,1H3. The van der Waals surface area contributed by atoms with E-state index in [1.807, 2.05) is 25.2 Å². The van der Waals surface area contributed by atoms with Crippen LogP contribution in [0.5, 0.6) is 0 Å². The molecule has 0 spiro atoms. The van der Waals surface area contributed by atoms with Gasteiger partial charge in [0.2, 0.25) is 0 Å². The molecule has 2 aromatic rings. The summed E-state index contributed by atoms with van der Waals surface area (Å²) in [6, 6.07) is 8.27. The summed E-state index contributed by atoms with van der Waals surface area (Å²) in [5.74, 6) is 0. The Kier molecular flexibility index (Phi) is 3.57. The van der Waals surface area contributed by atoms with Gasteiger partial charge in [0.1, 0.15) is 5.58 Å². The van der Waals surface area contributed by atoms with Gasteiger partial charge in [-0.05, 0) is 37.6 Å². The fourth-order valence-corrected chi connectivity index (χ4v) is 1.89. The van der Waals surface area contributed by atoms with Crippen LogP contribution in [0, 0.1) is 0 Å². The summed E-state index contributed by atoms with van der Waals surface area (Å²) < 4.78 is 17.6. The van der Waals surface area contributed by atoms with Crippen LogP contribution < -0.4 is 5.32 Å². The molecular weight excluding hydrogens is 205 g/mol. The number of fused-ring (bicyclic) bond motifs is 1. The van der Waals surface area contributed by atoms with Crippen LogP contribution in [0.25, 0.3) is 11.0 Å². The second-order valence-corrected chi connectivity index (χ2v) is 3.96. The molecular formula is C13H16FNO. The molecule has 0 fully saturated rings. The summed E-state index contributed by atoms with van der Waals surface area (Å²) in [5, 5.41) is 4.23. The Morgan fingerprint density at radius 3 is 3.00 bits per heavy atom. The molecule has 1 aromatic heterocycles. The first-order valence-electron chi connectivity index (χ1n) is 5.53. The molecule has 0 aliphatic carbocycles. The van der Waals surface area contributed by atoms with Crippen molar-refractivity contribution < 1.29 is 8.81 Å². The third-order valence-electron chi connectivity index (χ3n) is 2.87. The smallest absolute Gasteiger partial charge is 0.134 e. The predicted octanol–water partition coefficient (Wildman–Crippen LogP) is 2.92. The van der Waals surface area contributed by atoms with Gasteiger partial charge in [-0.15, -0.1) is 0 Å². The summed E-state index contributed by atoms with van der Waals surface area (Å²) >= 11 is 0. The van der Waals surface area contributed by atoms with Crippen molar-refractivity contribution in [2.45, 2.75) is 18.9 Å². The van der Waals surface area contributed by atoms with Gasteiger partial charge in [0.15, 0.2) is 0 Å². The highest BCUT2D eigenvalue weighted by Gasteiger charge is 2.07. The Balaban J connectivity index is 2.13. The molecule has 0 saturated carbocycles. The number of hydrogen-bond donors (Lipinski definition) is 1. The van der Waals surface area contributed by atoms with E-state index in [0.29, 0.717) is 6.42 Å². The van der Waals surface area contributed by atoms with Gasteiger partial charge in [-0.25, -0.2) is 0 Å². The molecule has 3 heteroatoms. The van der Waals surface area contributed by atoms with E-state index in [1.54, 1.807) is 6.26 Å². The number of likely N-dealkylation sites (N-methyl/N-ethyl adjacent to an activating group) is 1. The van der Waals surface area contributed by atoms with Crippen LogP contribution in [0.2, 0.25) is 0 Å². The first kappa shape index (κ1) is 11.1. The van der Waals surface area contributed by atoms with E-state index in [-0.39, 0.29) is 12.7 Å². The lowest BCUT2D eigenvalue weighted by molar-refractivity contribution is 0.407. The zero-order valence-electron chi connectivity index (χ0n) is 9.37. The highest BCUT2D eigenvalue weighted by Crippen LogP contribution is 2.18. The van der Waals surface area contributed by atoms with Crippen molar-refractivity contribution in [1.82, 2.24) is 5.32 Å². The Morgan fingerprint density at radius 1 is 1.38 bits per heavy atom. The largest absolute Gasteiger partial charge is 0.464 e. The van der Waals surface area contributed by atoms with Crippen LogP contribution in [0.1, 0.15) is 12.0 Å². The first-order chi connectivity index (χ1) is 7.83. The minimum atomic E-state index is -0.283. The molecule has 1 N–H and O–H groups in total. The summed E-state index contributed by atoms with van der Waals surface area (Å²) in [6.07, 6.45) is 3.06. The molecule has 0 aliphatic rings. The van der Waals surface area contributed by atoms with Gasteiger partial charge in [-0.1, -0.05) is 12.1 Å². The van der Waals surface area contributed by atoms with Gasteiger partial charge >= 0.3 is 0 Å². The van der Waals surface area contributed by atoms with E-state index in [0.717, 1.165) is 17.4 Å². The third kappa shape index (κ3) is 2.42. The van der Waals surface area contributed by atoms with Crippen molar-refractivity contribution >= 4 is 11.0 Å². The van der Waals surface area contributed by atoms with Crippen LogP contribution in [-0.4, -0.2) is 19.8 Å². The summed E-state index contributed by atoms with van der Waals surface area (Å²) in [4.78, 5) is 0. The molecule has 1 unspecified atom stereocenters. The van der Waals surface area contributed by atoms with Crippen LogP contribution in [-0.2, 0) is 6.42 Å². The normalized spacial score (nSPS) is 13.1. The van der Waals surface area contributed by atoms with Crippen molar-refractivity contribution in [3.8, 4) is 0 Å². The Hall–Kier alpha value is -1.35. The Bertz CT molecular complexity index is 452. The zero-order valence-corrected chi connectivity index (χ0v) is 9.37. The number of furan rings is 1. The van der Waals surface area contributed by atoms with E-state index in [1.165, 1.54) is 5.56 Å². The SMILES string of the molecule is CNC(CCF)Cc1ccc2ccoc2c1. The van der Waals surface area contributed by atoms with Gasteiger partial charge in [0.05, 0.1) is 12.9 Å². The lowest BCUT2D eigenvalue weighted by Gasteiger charge is -2.14. The number of halogens is 1. The van der Waals surface area contributed by atoms with Gasteiger partial charge < -0.3 is 9.73 Å². The zero-order chi connectivity index (χ0) is 11.4. The van der Waals surface area contributed by atoms with Gasteiger partial charge in [0, 0.05) is 11.4 Å². The van der Waals surface area contributed by atoms with Crippen molar-refractivity contribution in [3.05, 3.63) is 36.1 Å². The predicted molar refractivity (Wildman–Crippen MR) is 63.4 cm³/mol. The second kappa shape index (κ2) is 5.12. The molecule has 86 valence electrons. The highest BCUT2D eigenvalue weighted by molar-refractivity contribution is 5.77. The third-order valence-corrected chi connectivity index (χ3v) is 2.87. The number of benzene rings is 1. The van der Waals surface area contributed by atoms with Gasteiger partial charge in [-0.2, -0.15) is 0 Å². The Labute approximate surface area is 94.4 Å². The number of rotatable bonds is 5. The highest BCUT2D eigenvalue weighted by atomic mass is 19.1. The molecule has 2 rings (SSSR count). The van der Waals surface area contributed by atoms with E-state index >= 15 is 0 Å². The fourth-order valence-electron chi connectivity index (χ4n) is 1.89. The minimum absolute atomic E-state index is 0.192. The van der Waals surface area contributed by atoms with Crippen molar-refractivity contribution in [3.63, 3.8) is 0 Å². The summed E-state index contributed by atoms with van der Waals surface area (Å²) in [6.45, 7) is -0.283. The molecule has 0 saturated heterocycles. The van der Waals surface area contributed by atoms with E-state index in [4.69, 9.17) is 4.42 Å². The van der Waals surface area contributed by atoms with E-state index < -0.39 is 0 Å². The molecule has 2 nitrogen and oxygen atoms in total. The van der Waals surface area contributed by atoms with Crippen LogP contribution in [0.3, 0.4) is 0 Å². The lowest BCUT2D eigenvalue weighted by atomic mass is 10.0. The maximum atomic E-state index is 12.3. The van der Waals surface area contributed by atoms with E-state index in [9.17, 15) is 4.39 Å². The average molecular weight is 221 g/mol. The maximum Gasteiger partial charge on any atom is 0.134 e. The van der Waals surface area contributed by atoms with Crippen LogP contribution >= 0.6 is 0 Å². The first-order valence-corrected chi connectivity index (χ1v) is 5.53. The molecule has 0 radical (unpaired) electrons. The fraction of sp³-hybridized carbons (Fsp3) is 0.385. The number of nitrogens with one attached hydrogen (secondary N) is 1. The molecule has 0 aliphatic heterocycles. The number of hydrogen-bond acceptors (Lipinski definition) is 2. The maximum absolute atomic E-state index is 12.3. The quantitative estimate of drug-likeness (QED) is 0.839. The Morgan fingerprint density at radius 2 is 2.25 bits per heavy atom. The van der Waals surface area contributed by atoms with Crippen LogP contribution in [0.15, 0.2) is 34.9 Å². The van der Waals surface area contributed by atoms with E-state index in [2.05, 4.69) is 11.4 Å². The molecule has 0 bridgehead atoms.